The van der Waals surface area contributed by atoms with E-state index < -0.39 is 11.6 Å². The molecule has 2 amide bonds. The number of aromatic nitrogens is 2. The van der Waals surface area contributed by atoms with E-state index in [9.17, 15) is 9.59 Å². The maximum atomic E-state index is 13.0. The third-order valence-electron chi connectivity index (χ3n) is 4.85. The number of amides is 2. The predicted octanol–water partition coefficient (Wildman–Crippen LogP) is 0.783. The van der Waals surface area contributed by atoms with Gasteiger partial charge in [-0.15, -0.1) is 0 Å². The molecule has 1 unspecified atom stereocenters. The number of hydrogen-bond acceptors (Lipinski definition) is 4. The smallest absolute Gasteiger partial charge is 0.248 e. The van der Waals surface area contributed by atoms with Gasteiger partial charge in [0.2, 0.25) is 11.8 Å². The number of carbonyl (C=O) groups is 2. The van der Waals surface area contributed by atoms with E-state index in [1.54, 1.807) is 17.8 Å². The van der Waals surface area contributed by atoms with Crippen molar-refractivity contribution in [1.29, 1.82) is 0 Å². The van der Waals surface area contributed by atoms with Gasteiger partial charge in [0.25, 0.3) is 0 Å². The number of benzene rings is 1. The van der Waals surface area contributed by atoms with E-state index in [0.29, 0.717) is 19.4 Å². The van der Waals surface area contributed by atoms with Crippen LogP contribution >= 0.6 is 0 Å². The summed E-state index contributed by atoms with van der Waals surface area (Å²) in [4.78, 5) is 25.4. The Morgan fingerprint density at radius 2 is 1.96 bits per heavy atom. The lowest BCUT2D eigenvalue weighted by Gasteiger charge is -2.37. The van der Waals surface area contributed by atoms with Crippen LogP contribution in [-0.4, -0.2) is 40.7 Å². The van der Waals surface area contributed by atoms with Crippen LogP contribution in [0.2, 0.25) is 0 Å². The van der Waals surface area contributed by atoms with Gasteiger partial charge in [-0.2, -0.15) is 5.10 Å². The number of rotatable bonds is 6. The molecule has 2 heterocycles. The molecule has 1 aliphatic rings. The molecule has 26 heavy (non-hydrogen) atoms. The molecule has 3 N–H and O–H groups in total. The average molecular weight is 355 g/mol. The van der Waals surface area contributed by atoms with Gasteiger partial charge in [-0.05, 0) is 44.5 Å². The summed E-state index contributed by atoms with van der Waals surface area (Å²) in [5.74, 6) is -0.364. The minimum absolute atomic E-state index is 0.162. The van der Waals surface area contributed by atoms with E-state index in [-0.39, 0.29) is 11.8 Å². The normalized spacial score (nSPS) is 17.3. The predicted molar refractivity (Wildman–Crippen MR) is 98.2 cm³/mol. The Labute approximate surface area is 153 Å². The molecular weight excluding hydrogens is 330 g/mol. The van der Waals surface area contributed by atoms with Crippen LogP contribution in [0.15, 0.2) is 48.8 Å². The Bertz CT molecular complexity index is 724. The van der Waals surface area contributed by atoms with Gasteiger partial charge < -0.3 is 16.0 Å². The zero-order chi connectivity index (χ0) is 18.4. The Morgan fingerprint density at radius 1 is 1.23 bits per heavy atom. The van der Waals surface area contributed by atoms with Crippen LogP contribution in [0.4, 0.5) is 0 Å². The molecule has 7 heteroatoms. The fraction of sp³-hybridized carbons (Fsp3) is 0.421. The zero-order valence-corrected chi connectivity index (χ0v) is 14.9. The molecule has 0 saturated carbocycles. The molecule has 0 radical (unpaired) electrons. The molecule has 2 aromatic rings. The van der Waals surface area contributed by atoms with Crippen molar-refractivity contribution < 1.29 is 9.59 Å². The maximum Gasteiger partial charge on any atom is 0.248 e. The van der Waals surface area contributed by atoms with Crippen LogP contribution < -0.4 is 16.0 Å². The molecule has 0 bridgehead atoms. The molecule has 1 aliphatic heterocycles. The van der Waals surface area contributed by atoms with Crippen molar-refractivity contribution in [3.8, 4) is 0 Å². The van der Waals surface area contributed by atoms with Gasteiger partial charge in [0.1, 0.15) is 11.6 Å². The van der Waals surface area contributed by atoms with Crippen LogP contribution in [0.1, 0.15) is 25.3 Å². The quantitative estimate of drug-likeness (QED) is 0.715. The molecule has 0 aliphatic carbocycles. The molecule has 1 aromatic heterocycles. The van der Waals surface area contributed by atoms with Gasteiger partial charge in [-0.1, -0.05) is 30.3 Å². The highest BCUT2D eigenvalue weighted by Crippen LogP contribution is 2.27. The standard InChI is InChI=1S/C19H25N5O2/c1-15(17(25)21-14-16-6-3-2-4-7-16)23-18(26)19(8-11-20-12-9-19)24-13-5-10-22-24/h2-7,10,13,15,20H,8-9,11-12,14H2,1H3,(H,21,25)(H,23,26). The fourth-order valence-corrected chi connectivity index (χ4v) is 3.26. The van der Waals surface area contributed by atoms with Crippen molar-refractivity contribution in [2.45, 2.75) is 37.9 Å². The SMILES string of the molecule is CC(NC(=O)C1(n2cccn2)CCNCC1)C(=O)NCc1ccccc1. The Balaban J connectivity index is 1.62. The summed E-state index contributed by atoms with van der Waals surface area (Å²) in [5.41, 5.74) is 0.272. The number of hydrogen-bond donors (Lipinski definition) is 3. The van der Waals surface area contributed by atoms with E-state index >= 15 is 0 Å². The first-order valence-electron chi connectivity index (χ1n) is 8.95. The van der Waals surface area contributed by atoms with Crippen LogP contribution in [-0.2, 0) is 21.7 Å². The summed E-state index contributed by atoms with van der Waals surface area (Å²) < 4.78 is 1.72. The van der Waals surface area contributed by atoms with Gasteiger partial charge in [-0.25, -0.2) is 0 Å². The van der Waals surface area contributed by atoms with Crippen LogP contribution in [0.25, 0.3) is 0 Å². The van der Waals surface area contributed by atoms with Crippen LogP contribution in [0, 0.1) is 0 Å². The number of nitrogens with zero attached hydrogens (tertiary/aromatic N) is 2. The lowest BCUT2D eigenvalue weighted by atomic mass is 9.87. The summed E-state index contributed by atoms with van der Waals surface area (Å²) in [6, 6.07) is 10.9. The summed E-state index contributed by atoms with van der Waals surface area (Å²) in [5, 5.41) is 13.3. The second kappa shape index (κ2) is 8.14. The highest BCUT2D eigenvalue weighted by atomic mass is 16.2. The first kappa shape index (κ1) is 18.1. The summed E-state index contributed by atoms with van der Waals surface area (Å²) in [6.45, 7) is 3.62. The molecule has 138 valence electrons. The summed E-state index contributed by atoms with van der Waals surface area (Å²) >= 11 is 0. The van der Waals surface area contributed by atoms with Gasteiger partial charge >= 0.3 is 0 Å². The van der Waals surface area contributed by atoms with E-state index in [4.69, 9.17) is 0 Å². The first-order valence-corrected chi connectivity index (χ1v) is 8.95. The molecule has 3 rings (SSSR count). The van der Waals surface area contributed by atoms with Gasteiger partial charge in [0.05, 0.1) is 0 Å². The molecule has 1 aromatic carbocycles. The summed E-state index contributed by atoms with van der Waals surface area (Å²) in [7, 11) is 0. The second-order valence-electron chi connectivity index (χ2n) is 6.63. The third-order valence-corrected chi connectivity index (χ3v) is 4.85. The minimum Gasteiger partial charge on any atom is -0.350 e. The zero-order valence-electron chi connectivity index (χ0n) is 14.9. The summed E-state index contributed by atoms with van der Waals surface area (Å²) in [6.07, 6.45) is 4.76. The first-order chi connectivity index (χ1) is 12.6. The fourth-order valence-electron chi connectivity index (χ4n) is 3.26. The molecule has 7 nitrogen and oxygen atoms in total. The van der Waals surface area contributed by atoms with Gasteiger partial charge in [0.15, 0.2) is 0 Å². The van der Waals surface area contributed by atoms with E-state index in [1.807, 2.05) is 42.6 Å². The second-order valence-corrected chi connectivity index (χ2v) is 6.63. The van der Waals surface area contributed by atoms with Crippen molar-refractivity contribution in [1.82, 2.24) is 25.7 Å². The van der Waals surface area contributed by atoms with Crippen molar-refractivity contribution in [3.63, 3.8) is 0 Å². The van der Waals surface area contributed by atoms with E-state index in [2.05, 4.69) is 21.0 Å². The topological polar surface area (TPSA) is 88.1 Å². The Hall–Kier alpha value is -2.67. The molecule has 1 fully saturated rings. The Morgan fingerprint density at radius 3 is 2.62 bits per heavy atom. The third kappa shape index (κ3) is 3.94. The molecule has 0 spiro atoms. The van der Waals surface area contributed by atoms with Gasteiger partial charge in [-0.3, -0.25) is 14.3 Å². The van der Waals surface area contributed by atoms with E-state index in [0.717, 1.165) is 18.7 Å². The number of piperidine rings is 1. The highest BCUT2D eigenvalue weighted by Gasteiger charge is 2.42. The van der Waals surface area contributed by atoms with E-state index in [1.165, 1.54) is 0 Å². The monoisotopic (exact) mass is 355 g/mol. The lowest BCUT2D eigenvalue weighted by molar-refractivity contribution is -0.135. The van der Waals surface area contributed by atoms with Crippen molar-refractivity contribution in [3.05, 3.63) is 54.4 Å². The molecular formula is C19H25N5O2. The largest absolute Gasteiger partial charge is 0.350 e. The number of nitrogens with one attached hydrogen (secondary N) is 3. The van der Waals surface area contributed by atoms with Crippen molar-refractivity contribution in [2.75, 3.05) is 13.1 Å². The molecule has 1 atom stereocenters. The average Bonchev–Trinajstić information content (AvgIpc) is 3.22. The van der Waals surface area contributed by atoms with Gasteiger partial charge in [0, 0.05) is 18.9 Å². The minimum atomic E-state index is -0.747. The molecule has 1 saturated heterocycles. The lowest BCUT2D eigenvalue weighted by Crippen LogP contribution is -2.58. The van der Waals surface area contributed by atoms with Crippen LogP contribution in [0.3, 0.4) is 0 Å². The maximum absolute atomic E-state index is 13.0. The van der Waals surface area contributed by atoms with Crippen molar-refractivity contribution in [2.24, 2.45) is 0 Å². The van der Waals surface area contributed by atoms with Crippen molar-refractivity contribution >= 4 is 11.8 Å². The van der Waals surface area contributed by atoms with Crippen LogP contribution in [0.5, 0.6) is 0 Å². The Kier molecular flexibility index (Phi) is 5.68. The number of carbonyl (C=O) groups excluding carboxylic acids is 2. The highest BCUT2D eigenvalue weighted by molar-refractivity contribution is 5.90.